The molecule has 0 bridgehead atoms. The number of ether oxygens (including phenoxy) is 1. The first-order valence-corrected chi connectivity index (χ1v) is 22.8. The van der Waals surface area contributed by atoms with Gasteiger partial charge in [0, 0.05) is 5.39 Å². The van der Waals surface area contributed by atoms with E-state index in [2.05, 4.69) is 82.3 Å². The molecule has 6 rings (SSSR count). The van der Waals surface area contributed by atoms with Crippen molar-refractivity contribution in [3.8, 4) is 5.75 Å². The van der Waals surface area contributed by atoms with Gasteiger partial charge in [-0.2, -0.15) is 0 Å². The third-order valence-electron chi connectivity index (χ3n) is 12.4. The first kappa shape index (κ1) is 42.9. The largest absolute Gasteiger partial charge is 0.478 e. The number of aryl methyl sites for hydroxylation is 4. The van der Waals surface area contributed by atoms with E-state index in [-0.39, 0.29) is 11.3 Å². The predicted octanol–water partition coefficient (Wildman–Crippen LogP) is 15.7. The maximum Gasteiger partial charge on any atom is 0.343 e. The molecule has 4 heteroatoms. The van der Waals surface area contributed by atoms with Crippen LogP contribution in [0.15, 0.2) is 78.9 Å². The van der Waals surface area contributed by atoms with E-state index in [1.165, 1.54) is 83.2 Å². The van der Waals surface area contributed by atoms with E-state index in [4.69, 9.17) is 4.74 Å². The van der Waals surface area contributed by atoms with Crippen molar-refractivity contribution in [2.75, 3.05) is 0 Å². The van der Waals surface area contributed by atoms with Gasteiger partial charge in [0.2, 0.25) is 0 Å². The summed E-state index contributed by atoms with van der Waals surface area (Å²) < 4.78 is 6.51. The van der Waals surface area contributed by atoms with Gasteiger partial charge < -0.3 is 9.84 Å². The number of hydrogen-bond acceptors (Lipinski definition) is 3. The topological polar surface area (TPSA) is 63.6 Å². The van der Waals surface area contributed by atoms with E-state index in [0.717, 1.165) is 111 Å². The number of esters is 1. The Hall–Kier alpha value is -4.70. The van der Waals surface area contributed by atoms with Crippen molar-refractivity contribution in [1.82, 2.24) is 0 Å². The van der Waals surface area contributed by atoms with E-state index in [1.807, 2.05) is 18.2 Å². The van der Waals surface area contributed by atoms with Crippen molar-refractivity contribution in [2.45, 2.75) is 156 Å². The Bertz CT molecular complexity index is 2330. The van der Waals surface area contributed by atoms with Crippen LogP contribution in [0.25, 0.3) is 43.1 Å². The van der Waals surface area contributed by atoms with Gasteiger partial charge in [-0.15, -0.1) is 0 Å². The van der Waals surface area contributed by atoms with Crippen LogP contribution in [0, 0.1) is 0 Å². The normalized spacial score (nSPS) is 11.7. The summed E-state index contributed by atoms with van der Waals surface area (Å²) in [6.07, 6.45) is 21.8. The molecule has 0 radical (unpaired) electrons. The number of carboxylic acids is 1. The fourth-order valence-electron chi connectivity index (χ4n) is 9.31. The van der Waals surface area contributed by atoms with Gasteiger partial charge in [0.05, 0.1) is 5.56 Å². The molecular formula is C54H66O4. The summed E-state index contributed by atoms with van der Waals surface area (Å²) in [4.78, 5) is 27.7. The van der Waals surface area contributed by atoms with E-state index >= 15 is 0 Å². The number of carboxylic acid groups (broad SMARTS) is 1. The van der Waals surface area contributed by atoms with Gasteiger partial charge in [0.25, 0.3) is 0 Å². The second-order valence-corrected chi connectivity index (χ2v) is 16.6. The second kappa shape index (κ2) is 21.3. The summed E-state index contributed by atoms with van der Waals surface area (Å²) in [7, 11) is 0. The van der Waals surface area contributed by atoms with Gasteiger partial charge in [0.15, 0.2) is 5.75 Å². The van der Waals surface area contributed by atoms with Crippen molar-refractivity contribution in [3.63, 3.8) is 0 Å². The molecule has 0 aliphatic carbocycles. The minimum Gasteiger partial charge on any atom is -0.478 e. The standard InChI is InChI=1S/C54H66O4/c1-5-9-13-17-25-41-39-28-21-22-29-40(39)45(27-19-15-11-7-3)50-37-38(33-34-46(41)50)54(57)58-52-49(53(55)56)36-35-48-44(26-18-14-10-6-2)42-30-23-24-31-43(42)47(51(48)52)32-20-16-12-8-4/h21-24,28-31,33-37H,5-20,25-27,32H2,1-4H3,(H,55,56). The van der Waals surface area contributed by atoms with E-state index in [1.54, 1.807) is 6.07 Å². The minimum atomic E-state index is -1.09. The van der Waals surface area contributed by atoms with Crippen LogP contribution in [0.1, 0.15) is 173 Å². The zero-order valence-electron chi connectivity index (χ0n) is 35.8. The van der Waals surface area contributed by atoms with E-state index in [9.17, 15) is 14.7 Å². The number of hydrogen-bond donors (Lipinski definition) is 1. The molecule has 0 unspecified atom stereocenters. The zero-order valence-corrected chi connectivity index (χ0v) is 35.8. The lowest BCUT2D eigenvalue weighted by Crippen LogP contribution is -2.13. The third-order valence-corrected chi connectivity index (χ3v) is 12.4. The van der Waals surface area contributed by atoms with E-state index < -0.39 is 11.9 Å². The monoisotopic (exact) mass is 778 g/mol. The molecule has 58 heavy (non-hydrogen) atoms. The molecule has 0 aliphatic heterocycles. The molecule has 0 aliphatic rings. The van der Waals surface area contributed by atoms with Crippen LogP contribution in [0.5, 0.6) is 5.75 Å². The van der Waals surface area contributed by atoms with Crippen LogP contribution in [-0.4, -0.2) is 17.0 Å². The lowest BCUT2D eigenvalue weighted by atomic mass is 9.86. The van der Waals surface area contributed by atoms with E-state index in [0.29, 0.717) is 5.56 Å². The molecule has 0 saturated heterocycles. The van der Waals surface area contributed by atoms with Crippen LogP contribution >= 0.6 is 0 Å². The number of carbonyl (C=O) groups is 2. The molecule has 0 aromatic heterocycles. The minimum absolute atomic E-state index is 0.0284. The maximum absolute atomic E-state index is 14.7. The lowest BCUT2D eigenvalue weighted by Gasteiger charge is -2.21. The quantitative estimate of drug-likeness (QED) is 0.0304. The first-order valence-electron chi connectivity index (χ1n) is 22.8. The molecule has 0 atom stereocenters. The van der Waals surface area contributed by atoms with Gasteiger partial charge in [-0.3, -0.25) is 0 Å². The van der Waals surface area contributed by atoms with Crippen LogP contribution in [0.2, 0.25) is 0 Å². The molecule has 0 fully saturated rings. The second-order valence-electron chi connectivity index (χ2n) is 16.6. The molecule has 0 amide bonds. The highest BCUT2D eigenvalue weighted by Crippen LogP contribution is 2.42. The van der Waals surface area contributed by atoms with Gasteiger partial charge in [-0.1, -0.05) is 165 Å². The third kappa shape index (κ3) is 9.76. The van der Waals surface area contributed by atoms with Crippen molar-refractivity contribution in [2.24, 2.45) is 0 Å². The highest BCUT2D eigenvalue weighted by atomic mass is 16.5. The van der Waals surface area contributed by atoms with Crippen LogP contribution in [0.3, 0.4) is 0 Å². The van der Waals surface area contributed by atoms with Gasteiger partial charge in [0.1, 0.15) is 5.56 Å². The molecular weight excluding hydrogens is 713 g/mol. The summed E-state index contributed by atoms with van der Waals surface area (Å²) in [5.74, 6) is -1.43. The summed E-state index contributed by atoms with van der Waals surface area (Å²) >= 11 is 0. The number of unbranched alkanes of at least 4 members (excludes halogenated alkanes) is 12. The molecule has 306 valence electrons. The fourth-order valence-corrected chi connectivity index (χ4v) is 9.31. The number of carbonyl (C=O) groups excluding carboxylic acids is 1. The highest BCUT2D eigenvalue weighted by molar-refractivity contribution is 6.13. The van der Waals surface area contributed by atoms with Crippen molar-refractivity contribution >= 4 is 55.0 Å². The summed E-state index contributed by atoms with van der Waals surface area (Å²) in [5, 5.41) is 19.7. The first-order chi connectivity index (χ1) is 28.4. The summed E-state index contributed by atoms with van der Waals surface area (Å²) in [6, 6.07) is 27.1. The lowest BCUT2D eigenvalue weighted by molar-refractivity contribution is 0.0682. The fraction of sp³-hybridized carbons (Fsp3) is 0.444. The van der Waals surface area contributed by atoms with Crippen molar-refractivity contribution in [3.05, 3.63) is 112 Å². The molecule has 0 heterocycles. The molecule has 6 aromatic carbocycles. The number of aromatic carboxylic acids is 1. The molecule has 0 spiro atoms. The highest BCUT2D eigenvalue weighted by Gasteiger charge is 2.25. The van der Waals surface area contributed by atoms with Gasteiger partial charge in [-0.05, 0) is 130 Å². The average molecular weight is 779 g/mol. The van der Waals surface area contributed by atoms with Crippen molar-refractivity contribution < 1.29 is 19.4 Å². The Morgan fingerprint density at radius 3 is 1.31 bits per heavy atom. The number of benzene rings is 6. The van der Waals surface area contributed by atoms with Crippen molar-refractivity contribution in [1.29, 1.82) is 0 Å². The molecule has 1 N–H and O–H groups in total. The molecule has 4 nitrogen and oxygen atoms in total. The molecule has 0 saturated carbocycles. The Balaban J connectivity index is 1.52. The zero-order chi connectivity index (χ0) is 40.9. The van der Waals surface area contributed by atoms with Crippen LogP contribution in [0.4, 0.5) is 0 Å². The average Bonchev–Trinajstić information content (AvgIpc) is 3.24. The Morgan fingerprint density at radius 2 is 0.845 bits per heavy atom. The number of rotatable bonds is 23. The Morgan fingerprint density at radius 1 is 0.448 bits per heavy atom. The van der Waals surface area contributed by atoms with Gasteiger partial charge in [-0.25, -0.2) is 9.59 Å². The van der Waals surface area contributed by atoms with Crippen LogP contribution < -0.4 is 4.74 Å². The van der Waals surface area contributed by atoms with Gasteiger partial charge >= 0.3 is 11.9 Å². The molecule has 6 aromatic rings. The predicted molar refractivity (Wildman–Crippen MR) is 246 cm³/mol. The number of fused-ring (bicyclic) bond motifs is 4. The smallest absolute Gasteiger partial charge is 0.343 e. The SMILES string of the molecule is CCCCCCc1c2ccccc2c(CCCCCC)c2cc(C(=O)Oc3c(C(=O)O)ccc4c(CCCCCC)c5ccccc5c(CCCCCC)c34)ccc12. The summed E-state index contributed by atoms with van der Waals surface area (Å²) in [5.41, 5.74) is 5.42. The summed E-state index contributed by atoms with van der Waals surface area (Å²) in [6.45, 7) is 8.94. The Kier molecular flexibility index (Phi) is 15.8. The maximum atomic E-state index is 14.7. The van der Waals surface area contributed by atoms with Crippen LogP contribution in [-0.2, 0) is 25.7 Å². The Labute approximate surface area is 347 Å².